The first-order chi connectivity index (χ1) is 9.15. The Morgan fingerprint density at radius 1 is 1.16 bits per heavy atom. The van der Waals surface area contributed by atoms with Crippen molar-refractivity contribution in [3.63, 3.8) is 0 Å². The van der Waals surface area contributed by atoms with E-state index in [2.05, 4.69) is 10.8 Å². The molecule has 1 aliphatic heterocycles. The summed E-state index contributed by atoms with van der Waals surface area (Å²) in [5.74, 6) is 0.621. The van der Waals surface area contributed by atoms with Crippen LogP contribution in [0.1, 0.15) is 19.3 Å². The van der Waals surface area contributed by atoms with E-state index in [4.69, 9.17) is 15.9 Å². The van der Waals surface area contributed by atoms with E-state index < -0.39 is 17.8 Å². The molecule has 1 rings (SSSR count). The minimum Gasteiger partial charge on any atom is -0.378 e. The summed E-state index contributed by atoms with van der Waals surface area (Å²) in [4.78, 5) is 38.3. The van der Waals surface area contributed by atoms with Crippen molar-refractivity contribution in [1.29, 1.82) is 0 Å². The normalized spacial score (nSPS) is 14.6. The molecule has 0 aliphatic carbocycles. The van der Waals surface area contributed by atoms with E-state index in [0.29, 0.717) is 18.3 Å². The van der Waals surface area contributed by atoms with Gasteiger partial charge in [0.2, 0.25) is 0 Å². The highest BCUT2D eigenvalue weighted by atomic mass is 16.7. The lowest BCUT2D eigenvalue weighted by Gasteiger charge is -2.12. The van der Waals surface area contributed by atoms with Crippen molar-refractivity contribution < 1.29 is 28.7 Å². The van der Waals surface area contributed by atoms with Gasteiger partial charge in [0.25, 0.3) is 11.8 Å². The van der Waals surface area contributed by atoms with E-state index in [-0.39, 0.29) is 32.5 Å². The van der Waals surface area contributed by atoms with Crippen molar-refractivity contribution in [2.75, 3.05) is 26.4 Å². The van der Waals surface area contributed by atoms with Crippen LogP contribution in [0, 0.1) is 12.3 Å². The number of ether oxygens (including phenoxy) is 2. The van der Waals surface area contributed by atoms with E-state index in [0.717, 1.165) is 0 Å². The van der Waals surface area contributed by atoms with Crippen LogP contribution in [0.5, 0.6) is 0 Å². The van der Waals surface area contributed by atoms with E-state index in [9.17, 15) is 14.4 Å². The van der Waals surface area contributed by atoms with Crippen LogP contribution in [-0.2, 0) is 28.7 Å². The Labute approximate surface area is 110 Å². The fourth-order valence-corrected chi connectivity index (χ4v) is 1.31. The standard InChI is InChI=1S/C12H15NO6/c1-2-6-17-8-9-18-7-5-12(16)19-13-10(14)3-4-11(13)15/h1H,3-9H2. The molecular weight excluding hydrogens is 254 g/mol. The molecule has 7 heteroatoms. The zero-order chi connectivity index (χ0) is 14.1. The van der Waals surface area contributed by atoms with Crippen LogP contribution in [0.25, 0.3) is 0 Å². The summed E-state index contributed by atoms with van der Waals surface area (Å²) >= 11 is 0. The van der Waals surface area contributed by atoms with Gasteiger partial charge in [-0.25, -0.2) is 4.79 Å². The van der Waals surface area contributed by atoms with Crippen LogP contribution in [-0.4, -0.2) is 49.3 Å². The average molecular weight is 269 g/mol. The number of hydrogen-bond acceptors (Lipinski definition) is 6. The number of terminal acetylenes is 1. The van der Waals surface area contributed by atoms with Gasteiger partial charge in [-0.1, -0.05) is 5.92 Å². The SMILES string of the molecule is C#CCOCCOCCC(=O)ON1C(=O)CCC1=O. The highest BCUT2D eigenvalue weighted by molar-refractivity contribution is 6.01. The molecule has 0 N–H and O–H groups in total. The molecule has 0 aromatic heterocycles. The number of carbonyl (C=O) groups excluding carboxylic acids is 3. The Kier molecular flexibility index (Phi) is 6.57. The first kappa shape index (κ1) is 15.1. The summed E-state index contributed by atoms with van der Waals surface area (Å²) < 4.78 is 10.0. The maximum absolute atomic E-state index is 11.3. The Balaban J connectivity index is 2.07. The molecule has 0 unspecified atom stereocenters. The number of hydrogen-bond donors (Lipinski definition) is 0. The third-order valence-corrected chi connectivity index (χ3v) is 2.21. The monoisotopic (exact) mass is 269 g/mol. The first-order valence-electron chi connectivity index (χ1n) is 5.80. The molecule has 0 aromatic rings. The highest BCUT2D eigenvalue weighted by Crippen LogP contribution is 2.12. The first-order valence-corrected chi connectivity index (χ1v) is 5.80. The topological polar surface area (TPSA) is 82.1 Å². The number of hydroxylamine groups is 2. The minimum absolute atomic E-state index is 0.0494. The van der Waals surface area contributed by atoms with E-state index in [1.165, 1.54) is 0 Å². The predicted molar refractivity (Wildman–Crippen MR) is 62.3 cm³/mol. The van der Waals surface area contributed by atoms with Gasteiger partial charge in [-0.05, 0) is 0 Å². The predicted octanol–water partition coefficient (Wildman–Crippen LogP) is -0.350. The number of imide groups is 1. The Hall–Kier alpha value is -1.91. The van der Waals surface area contributed by atoms with Gasteiger partial charge in [0.1, 0.15) is 6.61 Å². The zero-order valence-electron chi connectivity index (χ0n) is 10.4. The molecule has 0 atom stereocenters. The van der Waals surface area contributed by atoms with Gasteiger partial charge in [-0.3, -0.25) is 9.59 Å². The van der Waals surface area contributed by atoms with Crippen LogP contribution in [0.2, 0.25) is 0 Å². The van der Waals surface area contributed by atoms with E-state index >= 15 is 0 Å². The molecule has 1 saturated heterocycles. The summed E-state index contributed by atoms with van der Waals surface area (Å²) in [6.45, 7) is 0.970. The lowest BCUT2D eigenvalue weighted by atomic mass is 10.4. The number of rotatable bonds is 8. The minimum atomic E-state index is -0.687. The van der Waals surface area contributed by atoms with Crippen molar-refractivity contribution in [2.45, 2.75) is 19.3 Å². The van der Waals surface area contributed by atoms with Crippen LogP contribution < -0.4 is 0 Å². The van der Waals surface area contributed by atoms with Crippen LogP contribution in [0.4, 0.5) is 0 Å². The van der Waals surface area contributed by atoms with Gasteiger partial charge in [0, 0.05) is 12.8 Å². The number of amides is 2. The molecule has 19 heavy (non-hydrogen) atoms. The van der Waals surface area contributed by atoms with Gasteiger partial charge in [0.05, 0.1) is 26.2 Å². The molecule has 0 bridgehead atoms. The van der Waals surface area contributed by atoms with Crippen LogP contribution in [0.3, 0.4) is 0 Å². The third kappa shape index (κ3) is 5.50. The Morgan fingerprint density at radius 3 is 2.42 bits per heavy atom. The molecule has 0 aromatic carbocycles. The van der Waals surface area contributed by atoms with Gasteiger partial charge in [-0.15, -0.1) is 11.5 Å². The van der Waals surface area contributed by atoms with Crippen LogP contribution in [0.15, 0.2) is 0 Å². The smallest absolute Gasteiger partial charge is 0.335 e. The summed E-state index contributed by atoms with van der Waals surface area (Å²) in [7, 11) is 0. The maximum atomic E-state index is 11.3. The molecule has 0 spiro atoms. The Morgan fingerprint density at radius 2 is 1.79 bits per heavy atom. The summed E-state index contributed by atoms with van der Waals surface area (Å²) in [5, 5.41) is 0.512. The number of carbonyl (C=O) groups is 3. The van der Waals surface area contributed by atoms with Crippen molar-refractivity contribution in [1.82, 2.24) is 5.06 Å². The lowest BCUT2D eigenvalue weighted by molar-refractivity contribution is -0.198. The average Bonchev–Trinajstić information content (AvgIpc) is 2.69. The van der Waals surface area contributed by atoms with E-state index in [1.54, 1.807) is 0 Å². The lowest BCUT2D eigenvalue weighted by Crippen LogP contribution is -2.32. The largest absolute Gasteiger partial charge is 0.378 e. The molecule has 2 amide bonds. The van der Waals surface area contributed by atoms with Gasteiger partial charge in [-0.2, -0.15) is 0 Å². The van der Waals surface area contributed by atoms with Gasteiger partial charge < -0.3 is 14.3 Å². The molecule has 7 nitrogen and oxygen atoms in total. The molecule has 104 valence electrons. The fourth-order valence-electron chi connectivity index (χ4n) is 1.31. The van der Waals surface area contributed by atoms with E-state index in [1.807, 2.05) is 0 Å². The fraction of sp³-hybridized carbons (Fsp3) is 0.583. The quantitative estimate of drug-likeness (QED) is 0.340. The second-order valence-corrected chi connectivity index (χ2v) is 3.66. The number of nitrogens with zero attached hydrogens (tertiary/aromatic N) is 1. The van der Waals surface area contributed by atoms with Crippen molar-refractivity contribution >= 4 is 17.8 Å². The maximum Gasteiger partial charge on any atom is 0.335 e. The second-order valence-electron chi connectivity index (χ2n) is 3.66. The summed E-state index contributed by atoms with van der Waals surface area (Å²) in [6.07, 6.45) is 5.08. The molecule has 0 radical (unpaired) electrons. The van der Waals surface area contributed by atoms with Crippen molar-refractivity contribution in [2.24, 2.45) is 0 Å². The van der Waals surface area contributed by atoms with Gasteiger partial charge in [0.15, 0.2) is 0 Å². The molecule has 0 saturated carbocycles. The molecule has 1 fully saturated rings. The molecule has 1 aliphatic rings. The van der Waals surface area contributed by atoms with Crippen LogP contribution >= 0.6 is 0 Å². The van der Waals surface area contributed by atoms with Crippen molar-refractivity contribution in [3.8, 4) is 12.3 Å². The van der Waals surface area contributed by atoms with Gasteiger partial charge >= 0.3 is 5.97 Å². The highest BCUT2D eigenvalue weighted by Gasteiger charge is 2.32. The summed E-state index contributed by atoms with van der Waals surface area (Å²) in [5.41, 5.74) is 0. The molecular formula is C12H15NO6. The van der Waals surface area contributed by atoms with Crippen molar-refractivity contribution in [3.05, 3.63) is 0 Å². The third-order valence-electron chi connectivity index (χ3n) is 2.21. The Bertz CT molecular complexity index is 370. The zero-order valence-corrected chi connectivity index (χ0v) is 10.4. The second kappa shape index (κ2) is 8.24. The molecule has 1 heterocycles. The summed E-state index contributed by atoms with van der Waals surface area (Å²) in [6, 6.07) is 0.